The fourth-order valence-electron chi connectivity index (χ4n) is 1.60. The highest BCUT2D eigenvalue weighted by Crippen LogP contribution is 2.07. The van der Waals surface area contributed by atoms with Crippen molar-refractivity contribution < 1.29 is 9.59 Å². The first-order valence-corrected chi connectivity index (χ1v) is 5.17. The standard InChI is InChI=1S/C11H16N2O2/c1-3-4-5-6-7-13-9(2)11(15)12-8-10(13)14/h1,9H,4-8H2,2H3,(H,12,15). The van der Waals surface area contributed by atoms with Crippen LogP contribution in [-0.2, 0) is 9.59 Å². The highest BCUT2D eigenvalue weighted by atomic mass is 16.2. The molecule has 0 aromatic carbocycles. The van der Waals surface area contributed by atoms with Crippen LogP contribution in [0.15, 0.2) is 0 Å². The summed E-state index contributed by atoms with van der Waals surface area (Å²) in [5.74, 6) is 2.47. The van der Waals surface area contributed by atoms with E-state index in [-0.39, 0.29) is 24.4 Å². The van der Waals surface area contributed by atoms with Gasteiger partial charge >= 0.3 is 0 Å². The van der Waals surface area contributed by atoms with E-state index in [1.807, 2.05) is 0 Å². The summed E-state index contributed by atoms with van der Waals surface area (Å²) < 4.78 is 0. The maximum atomic E-state index is 11.5. The molecule has 1 saturated heterocycles. The molecule has 1 N–H and O–H groups in total. The van der Waals surface area contributed by atoms with Crippen molar-refractivity contribution in [2.45, 2.75) is 32.2 Å². The first-order valence-electron chi connectivity index (χ1n) is 5.17. The summed E-state index contributed by atoms with van der Waals surface area (Å²) in [5.41, 5.74) is 0. The number of rotatable bonds is 4. The average Bonchev–Trinajstić information content (AvgIpc) is 2.23. The number of unbranched alkanes of at least 4 members (excludes halogenated alkanes) is 2. The maximum Gasteiger partial charge on any atom is 0.242 e. The van der Waals surface area contributed by atoms with Gasteiger partial charge in [-0.25, -0.2) is 0 Å². The van der Waals surface area contributed by atoms with Gasteiger partial charge in [-0.1, -0.05) is 0 Å². The molecule has 1 aliphatic rings. The van der Waals surface area contributed by atoms with E-state index >= 15 is 0 Å². The van der Waals surface area contributed by atoms with Crippen LogP contribution < -0.4 is 5.32 Å². The van der Waals surface area contributed by atoms with Crippen molar-refractivity contribution in [3.8, 4) is 12.3 Å². The number of carbonyl (C=O) groups excluding carboxylic acids is 2. The molecule has 1 heterocycles. The molecular formula is C11H16N2O2. The van der Waals surface area contributed by atoms with E-state index in [1.165, 1.54) is 0 Å². The molecule has 15 heavy (non-hydrogen) atoms. The summed E-state index contributed by atoms with van der Waals surface area (Å²) in [6, 6.07) is -0.350. The van der Waals surface area contributed by atoms with Gasteiger partial charge < -0.3 is 10.2 Å². The normalized spacial score (nSPS) is 21.1. The molecule has 2 amide bonds. The lowest BCUT2D eigenvalue weighted by atomic mass is 10.1. The summed E-state index contributed by atoms with van der Waals surface area (Å²) in [4.78, 5) is 24.4. The molecule has 1 fully saturated rings. The Kier molecular flexibility index (Phi) is 4.17. The van der Waals surface area contributed by atoms with Gasteiger partial charge in [-0.2, -0.15) is 0 Å². The molecule has 1 aliphatic heterocycles. The van der Waals surface area contributed by atoms with E-state index in [0.717, 1.165) is 19.3 Å². The highest BCUT2D eigenvalue weighted by Gasteiger charge is 2.29. The van der Waals surface area contributed by atoms with Gasteiger partial charge in [-0.05, 0) is 19.8 Å². The number of nitrogens with zero attached hydrogens (tertiary/aromatic N) is 1. The van der Waals surface area contributed by atoms with Gasteiger partial charge in [-0.15, -0.1) is 12.3 Å². The Morgan fingerprint density at radius 2 is 2.27 bits per heavy atom. The molecule has 0 aromatic rings. The van der Waals surface area contributed by atoms with E-state index in [9.17, 15) is 9.59 Å². The molecule has 0 radical (unpaired) electrons. The number of terminal acetylenes is 1. The second-order valence-corrected chi connectivity index (χ2v) is 3.64. The average molecular weight is 208 g/mol. The van der Waals surface area contributed by atoms with Crippen LogP contribution in [0.5, 0.6) is 0 Å². The van der Waals surface area contributed by atoms with Crippen LogP contribution in [0.4, 0.5) is 0 Å². The summed E-state index contributed by atoms with van der Waals surface area (Å²) in [6.45, 7) is 2.49. The molecule has 4 heteroatoms. The lowest BCUT2D eigenvalue weighted by Gasteiger charge is -2.32. The zero-order valence-corrected chi connectivity index (χ0v) is 8.95. The highest BCUT2D eigenvalue weighted by molar-refractivity contribution is 5.94. The minimum absolute atomic E-state index is 0.0113. The second kappa shape index (κ2) is 5.40. The number of hydrogen-bond acceptors (Lipinski definition) is 2. The van der Waals surface area contributed by atoms with E-state index in [2.05, 4.69) is 11.2 Å². The second-order valence-electron chi connectivity index (χ2n) is 3.64. The Morgan fingerprint density at radius 3 is 2.93 bits per heavy atom. The molecule has 4 nitrogen and oxygen atoms in total. The monoisotopic (exact) mass is 208 g/mol. The third-order valence-electron chi connectivity index (χ3n) is 2.55. The quantitative estimate of drug-likeness (QED) is 0.527. The van der Waals surface area contributed by atoms with Crippen LogP contribution in [0.1, 0.15) is 26.2 Å². The van der Waals surface area contributed by atoms with Gasteiger partial charge in [0.15, 0.2) is 0 Å². The first kappa shape index (κ1) is 11.6. The van der Waals surface area contributed by atoms with Crippen molar-refractivity contribution in [2.24, 2.45) is 0 Å². The van der Waals surface area contributed by atoms with Crippen molar-refractivity contribution in [1.29, 1.82) is 0 Å². The van der Waals surface area contributed by atoms with Crippen LogP contribution in [0.25, 0.3) is 0 Å². The fraction of sp³-hybridized carbons (Fsp3) is 0.636. The minimum Gasteiger partial charge on any atom is -0.345 e. The molecule has 0 bridgehead atoms. The number of amides is 2. The maximum absolute atomic E-state index is 11.5. The Balaban J connectivity index is 2.40. The predicted molar refractivity (Wildman–Crippen MR) is 56.9 cm³/mol. The Bertz CT molecular complexity index is 293. The molecule has 1 rings (SSSR count). The van der Waals surface area contributed by atoms with Crippen LogP contribution in [-0.4, -0.2) is 35.8 Å². The molecule has 82 valence electrons. The Morgan fingerprint density at radius 1 is 1.53 bits per heavy atom. The summed E-state index contributed by atoms with van der Waals surface area (Å²) >= 11 is 0. The van der Waals surface area contributed by atoms with E-state index in [4.69, 9.17) is 6.42 Å². The lowest BCUT2D eigenvalue weighted by Crippen LogP contribution is -2.57. The van der Waals surface area contributed by atoms with Gasteiger partial charge in [0.1, 0.15) is 6.04 Å². The predicted octanol–water partition coefficient (Wildman–Crippen LogP) is 0.137. The number of hydrogen-bond donors (Lipinski definition) is 1. The topological polar surface area (TPSA) is 49.4 Å². The van der Waals surface area contributed by atoms with Crippen molar-refractivity contribution >= 4 is 11.8 Å². The van der Waals surface area contributed by atoms with Crippen molar-refractivity contribution in [2.75, 3.05) is 13.1 Å². The van der Waals surface area contributed by atoms with Crippen molar-refractivity contribution in [1.82, 2.24) is 10.2 Å². The smallest absolute Gasteiger partial charge is 0.242 e. The zero-order chi connectivity index (χ0) is 11.3. The van der Waals surface area contributed by atoms with Crippen LogP contribution in [0.2, 0.25) is 0 Å². The van der Waals surface area contributed by atoms with Gasteiger partial charge in [0, 0.05) is 13.0 Å². The Labute approximate surface area is 90.0 Å². The van der Waals surface area contributed by atoms with Crippen LogP contribution >= 0.6 is 0 Å². The molecule has 0 aromatic heterocycles. The molecule has 1 unspecified atom stereocenters. The SMILES string of the molecule is C#CCCCCN1C(=O)CNC(=O)C1C. The fourth-order valence-corrected chi connectivity index (χ4v) is 1.60. The van der Waals surface area contributed by atoms with Gasteiger partial charge in [-0.3, -0.25) is 9.59 Å². The van der Waals surface area contributed by atoms with Gasteiger partial charge in [0.25, 0.3) is 0 Å². The van der Waals surface area contributed by atoms with E-state index in [0.29, 0.717) is 6.54 Å². The number of nitrogens with one attached hydrogen (secondary N) is 1. The number of carbonyl (C=O) groups is 2. The summed E-state index contributed by atoms with van der Waals surface area (Å²) in [6.07, 6.45) is 7.61. The minimum atomic E-state index is -0.350. The van der Waals surface area contributed by atoms with Crippen LogP contribution in [0, 0.1) is 12.3 Å². The van der Waals surface area contributed by atoms with Crippen molar-refractivity contribution in [3.63, 3.8) is 0 Å². The van der Waals surface area contributed by atoms with Gasteiger partial charge in [0.2, 0.25) is 11.8 Å². The van der Waals surface area contributed by atoms with E-state index < -0.39 is 0 Å². The molecule has 0 saturated carbocycles. The van der Waals surface area contributed by atoms with Gasteiger partial charge in [0.05, 0.1) is 6.54 Å². The molecule has 0 aliphatic carbocycles. The lowest BCUT2D eigenvalue weighted by molar-refractivity contribution is -0.144. The summed E-state index contributed by atoms with van der Waals surface area (Å²) in [7, 11) is 0. The summed E-state index contributed by atoms with van der Waals surface area (Å²) in [5, 5.41) is 2.55. The number of piperazine rings is 1. The molecular weight excluding hydrogens is 192 g/mol. The molecule has 1 atom stereocenters. The van der Waals surface area contributed by atoms with Crippen molar-refractivity contribution in [3.05, 3.63) is 0 Å². The Hall–Kier alpha value is -1.50. The van der Waals surface area contributed by atoms with E-state index in [1.54, 1.807) is 11.8 Å². The molecule has 0 spiro atoms. The third-order valence-corrected chi connectivity index (χ3v) is 2.55. The third kappa shape index (κ3) is 2.98. The zero-order valence-electron chi connectivity index (χ0n) is 8.95. The van der Waals surface area contributed by atoms with Crippen LogP contribution in [0.3, 0.4) is 0 Å². The first-order chi connectivity index (χ1) is 7.16. The largest absolute Gasteiger partial charge is 0.345 e.